The third-order valence-electron chi connectivity index (χ3n) is 13.9. The zero-order valence-electron chi connectivity index (χ0n) is 38.2. The summed E-state index contributed by atoms with van der Waals surface area (Å²) in [7, 11) is 0. The number of benzene rings is 4. The monoisotopic (exact) mass is 842 g/mol. The van der Waals surface area contributed by atoms with Gasteiger partial charge >= 0.3 is 0 Å². The van der Waals surface area contributed by atoms with Gasteiger partial charge in [0.05, 0.1) is 0 Å². The Kier molecular flexibility index (Phi) is 16.2. The number of aromatic nitrogens is 1. The summed E-state index contributed by atoms with van der Waals surface area (Å²) in [6.45, 7) is 6.83. The van der Waals surface area contributed by atoms with E-state index in [4.69, 9.17) is 0 Å². The van der Waals surface area contributed by atoms with Gasteiger partial charge in [-0.1, -0.05) is 188 Å². The molecule has 0 spiro atoms. The minimum absolute atomic E-state index is 0.678. The molecule has 4 aromatic carbocycles. The third kappa shape index (κ3) is 11.6. The maximum Gasteiger partial charge on any atom is 0.263 e. The molecule has 0 fully saturated rings. The molecule has 2 aliphatic carbocycles. The molecular formula is C59H73N2S+. The van der Waals surface area contributed by atoms with Crippen molar-refractivity contribution in [3.63, 3.8) is 0 Å². The van der Waals surface area contributed by atoms with Crippen molar-refractivity contribution in [1.29, 1.82) is 0 Å². The van der Waals surface area contributed by atoms with E-state index in [0.29, 0.717) is 5.92 Å². The molecule has 3 heteroatoms. The second-order valence-corrected chi connectivity index (χ2v) is 19.7. The lowest BCUT2D eigenvalue weighted by atomic mass is 9.77. The molecule has 1 unspecified atom stereocenters. The van der Waals surface area contributed by atoms with Gasteiger partial charge in [0.2, 0.25) is 5.52 Å². The Hall–Kier alpha value is -4.47. The second-order valence-electron chi connectivity index (χ2n) is 18.6. The first kappa shape index (κ1) is 44.1. The SMILES string of the molecule is CCCCCCCCCCN1C(=CC2=CC3=CC(=Cc4sc5cc(-c6ccccc6)ccc5[n+]4CCCCCCCCCC)CCC3CC2)Cc2cc(-c3ccccc3)ccc21. The number of aryl methyl sites for hydroxylation is 1. The molecule has 2 heterocycles. The Morgan fingerprint density at radius 2 is 1.21 bits per heavy atom. The minimum Gasteiger partial charge on any atom is -0.345 e. The maximum absolute atomic E-state index is 2.69. The van der Waals surface area contributed by atoms with E-state index in [1.54, 1.807) is 5.57 Å². The highest BCUT2D eigenvalue weighted by Crippen LogP contribution is 2.42. The van der Waals surface area contributed by atoms with Crippen LogP contribution in [0.3, 0.4) is 0 Å². The smallest absolute Gasteiger partial charge is 0.263 e. The van der Waals surface area contributed by atoms with Gasteiger partial charge in [-0.05, 0) is 119 Å². The van der Waals surface area contributed by atoms with E-state index in [1.165, 1.54) is 194 Å². The third-order valence-corrected chi connectivity index (χ3v) is 15.0. The van der Waals surface area contributed by atoms with Crippen molar-refractivity contribution in [3.05, 3.63) is 148 Å². The van der Waals surface area contributed by atoms with Gasteiger partial charge in [-0.2, -0.15) is 4.57 Å². The van der Waals surface area contributed by atoms with Crippen LogP contribution in [-0.4, -0.2) is 6.54 Å². The molecule has 0 radical (unpaired) electrons. The number of fused-ring (bicyclic) bond motifs is 3. The van der Waals surface area contributed by atoms with Crippen molar-refractivity contribution >= 4 is 33.3 Å². The molecular weight excluding hydrogens is 769 g/mol. The van der Waals surface area contributed by atoms with E-state index in [0.717, 1.165) is 19.5 Å². The zero-order chi connectivity index (χ0) is 42.4. The summed E-state index contributed by atoms with van der Waals surface area (Å²) in [6, 6.07) is 36.2. The highest BCUT2D eigenvalue weighted by Gasteiger charge is 2.28. The lowest BCUT2D eigenvalue weighted by Crippen LogP contribution is -2.35. The van der Waals surface area contributed by atoms with Gasteiger partial charge in [-0.3, -0.25) is 0 Å². The molecule has 0 N–H and O–H groups in total. The van der Waals surface area contributed by atoms with Gasteiger partial charge in [-0.15, -0.1) is 0 Å². The van der Waals surface area contributed by atoms with Crippen molar-refractivity contribution in [2.45, 2.75) is 155 Å². The molecule has 8 rings (SSSR count). The lowest BCUT2D eigenvalue weighted by Gasteiger charge is -2.29. The van der Waals surface area contributed by atoms with Crippen LogP contribution in [0, 0.1) is 5.92 Å². The number of hydrogen-bond acceptors (Lipinski definition) is 2. The Morgan fingerprint density at radius 3 is 1.90 bits per heavy atom. The average molecular weight is 842 g/mol. The summed E-state index contributed by atoms with van der Waals surface area (Å²) in [5.74, 6) is 0.678. The Labute approximate surface area is 379 Å². The number of anilines is 1. The molecule has 0 saturated carbocycles. The normalized spacial score (nSPS) is 17.5. The number of unbranched alkanes of at least 4 members (excludes halogenated alkanes) is 14. The van der Waals surface area contributed by atoms with Crippen molar-refractivity contribution in [2.75, 3.05) is 11.4 Å². The van der Waals surface area contributed by atoms with E-state index < -0.39 is 0 Å². The predicted molar refractivity (Wildman–Crippen MR) is 270 cm³/mol. The second kappa shape index (κ2) is 22.8. The average Bonchev–Trinajstić information content (AvgIpc) is 3.83. The molecule has 324 valence electrons. The van der Waals surface area contributed by atoms with Gasteiger partial charge in [-0.25, -0.2) is 0 Å². The van der Waals surface area contributed by atoms with Crippen molar-refractivity contribution in [2.24, 2.45) is 5.92 Å². The molecule has 0 bridgehead atoms. The quantitative estimate of drug-likeness (QED) is 0.0497. The van der Waals surface area contributed by atoms with E-state index in [1.807, 2.05) is 11.3 Å². The highest BCUT2D eigenvalue weighted by atomic mass is 32.1. The number of rotatable bonds is 22. The molecule has 3 aliphatic rings. The van der Waals surface area contributed by atoms with Gasteiger partial charge in [0.1, 0.15) is 4.70 Å². The molecule has 1 aliphatic heterocycles. The van der Waals surface area contributed by atoms with E-state index in [9.17, 15) is 0 Å². The Morgan fingerprint density at radius 1 is 0.597 bits per heavy atom. The Balaban J connectivity index is 1.02. The first-order valence-corrected chi connectivity index (χ1v) is 25.8. The summed E-state index contributed by atoms with van der Waals surface area (Å²) >= 11 is 1.99. The highest BCUT2D eigenvalue weighted by molar-refractivity contribution is 7.18. The van der Waals surface area contributed by atoms with Gasteiger partial charge in [0, 0.05) is 42.9 Å². The van der Waals surface area contributed by atoms with Gasteiger partial charge in [0.25, 0.3) is 5.01 Å². The predicted octanol–water partition coefficient (Wildman–Crippen LogP) is 17.2. The van der Waals surface area contributed by atoms with Crippen LogP contribution in [0.5, 0.6) is 0 Å². The molecule has 5 aromatic rings. The van der Waals surface area contributed by atoms with Gasteiger partial charge < -0.3 is 4.90 Å². The van der Waals surface area contributed by atoms with Crippen LogP contribution in [0.25, 0.3) is 38.5 Å². The van der Waals surface area contributed by atoms with Crippen LogP contribution in [0.15, 0.2) is 138 Å². The first-order valence-electron chi connectivity index (χ1n) is 25.0. The molecule has 0 saturated heterocycles. The first-order chi connectivity index (χ1) is 30.7. The summed E-state index contributed by atoms with van der Waals surface area (Å²) in [5, 5.41) is 1.41. The van der Waals surface area contributed by atoms with Crippen LogP contribution in [0.4, 0.5) is 5.69 Å². The summed E-state index contributed by atoms with van der Waals surface area (Å²) < 4.78 is 4.05. The van der Waals surface area contributed by atoms with E-state index in [-0.39, 0.29) is 0 Å². The fraction of sp³-hybridized carbons (Fsp3) is 0.441. The molecule has 2 nitrogen and oxygen atoms in total. The van der Waals surface area contributed by atoms with Crippen LogP contribution in [0.2, 0.25) is 0 Å². The molecule has 1 aromatic heterocycles. The fourth-order valence-corrected chi connectivity index (χ4v) is 11.5. The summed E-state index contributed by atoms with van der Waals surface area (Å²) in [6.07, 6.45) is 37.9. The number of thiazole rings is 1. The van der Waals surface area contributed by atoms with Crippen LogP contribution < -0.4 is 9.47 Å². The topological polar surface area (TPSA) is 7.12 Å². The standard InChI is InChI=1S/C59H73N2S/c1-3-5-7-9-11-13-15-23-37-60-55(44-54-43-51(33-35-56(54)60)48-25-19-17-20-26-48)41-46-29-31-50-32-30-47(40-53(50)39-46)42-59-61(38-24-16-14-12-10-8-6-4-2)57-36-34-52(45-58(57)62-59)49-27-21-18-22-28-49/h17-22,25-28,33-36,39-43,45,50H,3-16,23-24,29-32,37-38,44H2,1-2H3/q+1. The van der Waals surface area contributed by atoms with Crippen molar-refractivity contribution in [1.82, 2.24) is 0 Å². The lowest BCUT2D eigenvalue weighted by molar-refractivity contribution is -0.669. The fourth-order valence-electron chi connectivity index (χ4n) is 10.3. The molecule has 62 heavy (non-hydrogen) atoms. The largest absolute Gasteiger partial charge is 0.345 e. The van der Waals surface area contributed by atoms with Crippen molar-refractivity contribution < 1.29 is 4.57 Å². The summed E-state index contributed by atoms with van der Waals surface area (Å²) in [4.78, 5) is 2.69. The number of hydrogen-bond donors (Lipinski definition) is 0. The van der Waals surface area contributed by atoms with Crippen molar-refractivity contribution in [3.8, 4) is 22.3 Å². The number of nitrogens with zero attached hydrogens (tertiary/aromatic N) is 2. The van der Waals surface area contributed by atoms with E-state index in [2.05, 4.69) is 145 Å². The van der Waals surface area contributed by atoms with E-state index >= 15 is 0 Å². The maximum atomic E-state index is 2.69. The van der Waals surface area contributed by atoms with Crippen LogP contribution >= 0.6 is 11.3 Å². The summed E-state index contributed by atoms with van der Waals surface area (Å²) in [5.41, 5.74) is 15.6. The number of allylic oxidation sites excluding steroid dienone is 7. The van der Waals surface area contributed by atoms with Crippen LogP contribution in [0.1, 0.15) is 153 Å². The zero-order valence-corrected chi connectivity index (χ0v) is 39.0. The molecule has 0 amide bonds. The Bertz CT molecular complexity index is 2320. The molecule has 1 atom stereocenters. The van der Waals surface area contributed by atoms with Crippen LogP contribution in [-0.2, 0) is 13.0 Å². The minimum atomic E-state index is 0.678. The van der Waals surface area contributed by atoms with Gasteiger partial charge in [0.15, 0.2) is 6.54 Å².